The molecule has 0 spiro atoms. The van der Waals surface area contributed by atoms with Crippen LogP contribution in [0, 0.1) is 0 Å². The maximum absolute atomic E-state index is 11.0. The Hall–Kier alpha value is -1.21. The smallest absolute Gasteiger partial charge is 0.223 e. The lowest BCUT2D eigenvalue weighted by atomic mass is 10.0. The van der Waals surface area contributed by atoms with Crippen LogP contribution in [0.4, 0.5) is 10.3 Å². The predicted octanol–water partition coefficient (Wildman–Crippen LogP) is 1.95. The van der Waals surface area contributed by atoms with E-state index in [9.17, 15) is 4.79 Å². The molecule has 2 aliphatic rings. The first-order chi connectivity index (χ1) is 10.2. The number of nitrogens with zero attached hydrogens (tertiary/aromatic N) is 4. The molecule has 0 unspecified atom stereocenters. The molecule has 116 valence electrons. The number of hydrogen-bond donors (Lipinski definition) is 1. The molecular formula is C14H23N5OS. The van der Waals surface area contributed by atoms with Crippen LogP contribution in [0.3, 0.4) is 0 Å². The average molecular weight is 309 g/mol. The molecule has 0 atom stereocenters. The summed E-state index contributed by atoms with van der Waals surface area (Å²) >= 11 is 1.46. The van der Waals surface area contributed by atoms with Crippen molar-refractivity contribution in [1.82, 2.24) is 15.1 Å². The molecule has 6 nitrogen and oxygen atoms in total. The van der Waals surface area contributed by atoms with Gasteiger partial charge in [0, 0.05) is 26.1 Å². The molecule has 1 N–H and O–H groups in total. The molecule has 0 radical (unpaired) electrons. The third kappa shape index (κ3) is 3.71. The zero-order valence-corrected chi connectivity index (χ0v) is 13.4. The summed E-state index contributed by atoms with van der Waals surface area (Å²) in [5.74, 6) is -0.0958. The summed E-state index contributed by atoms with van der Waals surface area (Å²) in [5.41, 5.74) is 0. The van der Waals surface area contributed by atoms with Crippen LogP contribution >= 0.6 is 11.3 Å². The first-order valence-corrected chi connectivity index (χ1v) is 8.64. The fourth-order valence-corrected chi connectivity index (χ4v) is 4.09. The van der Waals surface area contributed by atoms with Crippen LogP contribution in [0.5, 0.6) is 0 Å². The van der Waals surface area contributed by atoms with E-state index in [1.54, 1.807) is 0 Å². The number of hydrogen-bond acceptors (Lipinski definition) is 6. The zero-order chi connectivity index (χ0) is 14.7. The molecule has 2 saturated heterocycles. The van der Waals surface area contributed by atoms with Gasteiger partial charge in [0.05, 0.1) is 0 Å². The van der Waals surface area contributed by atoms with Crippen LogP contribution in [0.1, 0.15) is 39.0 Å². The van der Waals surface area contributed by atoms with Gasteiger partial charge in [0.1, 0.15) is 0 Å². The minimum absolute atomic E-state index is 0.0958. The van der Waals surface area contributed by atoms with Gasteiger partial charge in [0.2, 0.25) is 16.2 Å². The summed E-state index contributed by atoms with van der Waals surface area (Å²) in [6, 6.07) is 0.740. The molecular weight excluding hydrogens is 286 g/mol. The zero-order valence-electron chi connectivity index (χ0n) is 12.5. The van der Waals surface area contributed by atoms with Crippen LogP contribution in [-0.2, 0) is 4.79 Å². The molecule has 3 heterocycles. The van der Waals surface area contributed by atoms with Gasteiger partial charge in [0.25, 0.3) is 0 Å². The van der Waals surface area contributed by atoms with Gasteiger partial charge in [-0.25, -0.2) is 0 Å². The molecule has 0 aliphatic carbocycles. The lowest BCUT2D eigenvalue weighted by molar-refractivity contribution is -0.114. The van der Waals surface area contributed by atoms with Crippen molar-refractivity contribution in [2.24, 2.45) is 0 Å². The highest BCUT2D eigenvalue weighted by molar-refractivity contribution is 7.19. The normalized spacial score (nSPS) is 21.5. The molecule has 1 aromatic rings. The highest BCUT2D eigenvalue weighted by Crippen LogP contribution is 2.28. The minimum atomic E-state index is -0.0958. The Balaban J connectivity index is 1.53. The standard InChI is InChI=1S/C14H23N5OS/c1-11(20)15-13-16-17-14(21-13)19-9-5-12(6-10-19)18-7-3-2-4-8-18/h12H,2-10H2,1H3,(H,15,16,20). The molecule has 0 bridgehead atoms. The number of likely N-dealkylation sites (tertiary alicyclic amines) is 1. The summed E-state index contributed by atoms with van der Waals surface area (Å²) < 4.78 is 0. The second-order valence-corrected chi connectivity index (χ2v) is 6.84. The lowest BCUT2D eigenvalue weighted by Crippen LogP contribution is -2.46. The number of carbonyl (C=O) groups is 1. The Kier molecular flexibility index (Phi) is 4.70. The molecule has 0 aromatic carbocycles. The number of rotatable bonds is 3. The van der Waals surface area contributed by atoms with Crippen molar-refractivity contribution < 1.29 is 4.79 Å². The summed E-state index contributed by atoms with van der Waals surface area (Å²) in [7, 11) is 0. The van der Waals surface area contributed by atoms with Crippen LogP contribution in [0.25, 0.3) is 0 Å². The average Bonchev–Trinajstić information content (AvgIpc) is 2.96. The lowest BCUT2D eigenvalue weighted by Gasteiger charge is -2.40. The third-order valence-corrected chi connectivity index (χ3v) is 5.24. The highest BCUT2D eigenvalue weighted by Gasteiger charge is 2.26. The fourth-order valence-electron chi connectivity index (χ4n) is 3.25. The molecule has 1 aromatic heterocycles. The molecule has 21 heavy (non-hydrogen) atoms. The van der Waals surface area contributed by atoms with E-state index in [1.807, 2.05) is 0 Å². The Bertz CT molecular complexity index is 477. The van der Waals surface area contributed by atoms with Crippen molar-refractivity contribution in [1.29, 1.82) is 0 Å². The van der Waals surface area contributed by atoms with Crippen molar-refractivity contribution in [2.75, 3.05) is 36.4 Å². The van der Waals surface area contributed by atoms with Crippen molar-refractivity contribution in [3.63, 3.8) is 0 Å². The van der Waals surface area contributed by atoms with Gasteiger partial charge in [0.15, 0.2) is 0 Å². The van der Waals surface area contributed by atoms with Crippen molar-refractivity contribution >= 4 is 27.5 Å². The Labute approximate surface area is 129 Å². The number of piperidine rings is 2. The van der Waals surface area contributed by atoms with E-state index in [0.29, 0.717) is 5.13 Å². The third-order valence-electron chi connectivity index (χ3n) is 4.34. The number of anilines is 2. The van der Waals surface area contributed by atoms with Gasteiger partial charge in [-0.2, -0.15) is 0 Å². The summed E-state index contributed by atoms with van der Waals surface area (Å²) in [6.45, 7) is 6.11. The molecule has 3 rings (SSSR count). The van der Waals surface area contributed by atoms with Gasteiger partial charge in [-0.15, -0.1) is 10.2 Å². The summed E-state index contributed by atoms with van der Waals surface area (Å²) in [4.78, 5) is 16.0. The number of carbonyl (C=O) groups excluding carboxylic acids is 1. The van der Waals surface area contributed by atoms with Crippen LogP contribution < -0.4 is 10.2 Å². The number of amides is 1. The molecule has 2 aliphatic heterocycles. The van der Waals surface area contributed by atoms with Gasteiger partial charge in [-0.3, -0.25) is 4.79 Å². The molecule has 0 saturated carbocycles. The van der Waals surface area contributed by atoms with Crippen LogP contribution in [-0.4, -0.2) is 53.2 Å². The van der Waals surface area contributed by atoms with E-state index in [2.05, 4.69) is 25.3 Å². The van der Waals surface area contributed by atoms with Gasteiger partial charge < -0.3 is 15.1 Å². The number of aromatic nitrogens is 2. The quantitative estimate of drug-likeness (QED) is 0.925. The molecule has 1 amide bonds. The van der Waals surface area contributed by atoms with Crippen LogP contribution in [0.2, 0.25) is 0 Å². The first-order valence-electron chi connectivity index (χ1n) is 7.82. The van der Waals surface area contributed by atoms with Gasteiger partial charge in [-0.05, 0) is 38.8 Å². The van der Waals surface area contributed by atoms with Gasteiger partial charge >= 0.3 is 0 Å². The Morgan fingerprint density at radius 3 is 2.52 bits per heavy atom. The fraction of sp³-hybridized carbons (Fsp3) is 0.786. The van der Waals surface area contributed by atoms with Gasteiger partial charge in [-0.1, -0.05) is 17.8 Å². The van der Waals surface area contributed by atoms with Crippen LogP contribution in [0.15, 0.2) is 0 Å². The Morgan fingerprint density at radius 1 is 1.14 bits per heavy atom. The largest absolute Gasteiger partial charge is 0.346 e. The van der Waals surface area contributed by atoms with E-state index in [-0.39, 0.29) is 5.91 Å². The van der Waals surface area contributed by atoms with Crippen molar-refractivity contribution in [2.45, 2.75) is 45.1 Å². The maximum Gasteiger partial charge on any atom is 0.223 e. The monoisotopic (exact) mass is 309 g/mol. The summed E-state index contributed by atoms with van der Waals surface area (Å²) in [6.07, 6.45) is 6.52. The van der Waals surface area contributed by atoms with Crippen molar-refractivity contribution in [3.8, 4) is 0 Å². The van der Waals surface area contributed by atoms with E-state index in [1.165, 1.54) is 63.5 Å². The second kappa shape index (κ2) is 6.70. The van der Waals surface area contributed by atoms with E-state index in [4.69, 9.17) is 0 Å². The molecule has 7 heteroatoms. The first kappa shape index (κ1) is 14.7. The van der Waals surface area contributed by atoms with E-state index in [0.717, 1.165) is 24.3 Å². The highest BCUT2D eigenvalue weighted by atomic mass is 32.1. The predicted molar refractivity (Wildman–Crippen MR) is 84.9 cm³/mol. The van der Waals surface area contributed by atoms with E-state index < -0.39 is 0 Å². The summed E-state index contributed by atoms with van der Waals surface area (Å²) in [5, 5.41) is 12.4. The van der Waals surface area contributed by atoms with Crippen molar-refractivity contribution in [3.05, 3.63) is 0 Å². The Morgan fingerprint density at radius 2 is 1.86 bits per heavy atom. The van der Waals surface area contributed by atoms with E-state index >= 15 is 0 Å². The number of nitrogens with one attached hydrogen (secondary N) is 1. The topological polar surface area (TPSA) is 61.4 Å². The molecule has 2 fully saturated rings. The minimum Gasteiger partial charge on any atom is -0.346 e. The maximum atomic E-state index is 11.0. The SMILES string of the molecule is CC(=O)Nc1nnc(N2CCC(N3CCCCC3)CC2)s1. The second-order valence-electron chi connectivity index (χ2n) is 5.89.